The normalized spacial score (nSPS) is 22.9. The molecule has 1 fully saturated rings. The molecule has 0 saturated heterocycles. The van der Waals surface area contributed by atoms with E-state index in [-0.39, 0.29) is 24.1 Å². The Hall–Kier alpha value is -2.64. The summed E-state index contributed by atoms with van der Waals surface area (Å²) < 4.78 is 7.34. The number of aromatic nitrogens is 4. The number of nitrogen functional groups attached to an aromatic ring is 1. The van der Waals surface area contributed by atoms with Gasteiger partial charge in [-0.25, -0.2) is 4.98 Å². The van der Waals surface area contributed by atoms with Gasteiger partial charge in [0, 0.05) is 18.9 Å². The summed E-state index contributed by atoms with van der Waals surface area (Å²) >= 11 is 0. The second-order valence-corrected chi connectivity index (χ2v) is 6.24. The van der Waals surface area contributed by atoms with E-state index in [1.54, 1.807) is 13.3 Å². The predicted octanol–water partition coefficient (Wildman–Crippen LogP) is 1.81. The van der Waals surface area contributed by atoms with Crippen molar-refractivity contribution in [2.75, 3.05) is 11.1 Å². The first-order chi connectivity index (χ1) is 11.6. The third-order valence-corrected chi connectivity index (χ3v) is 4.31. The Morgan fingerprint density at radius 1 is 1.42 bits per heavy atom. The van der Waals surface area contributed by atoms with Crippen LogP contribution in [-0.4, -0.2) is 37.6 Å². The van der Waals surface area contributed by atoms with Crippen molar-refractivity contribution in [1.82, 2.24) is 19.5 Å². The molecule has 2 aromatic heterocycles. The van der Waals surface area contributed by atoms with Gasteiger partial charge in [0.25, 0.3) is 0 Å². The Labute approximate surface area is 139 Å². The third-order valence-electron chi connectivity index (χ3n) is 4.31. The zero-order valence-electron chi connectivity index (χ0n) is 13.5. The van der Waals surface area contributed by atoms with Gasteiger partial charge in [-0.05, 0) is 18.9 Å². The number of anilines is 2. The molecule has 2 aromatic rings. The van der Waals surface area contributed by atoms with Crippen molar-refractivity contribution in [2.24, 2.45) is 0 Å². The van der Waals surface area contributed by atoms with E-state index in [1.807, 2.05) is 16.7 Å². The molecule has 0 radical (unpaired) electrons. The van der Waals surface area contributed by atoms with Gasteiger partial charge in [-0.15, -0.1) is 0 Å². The summed E-state index contributed by atoms with van der Waals surface area (Å²) in [5, 5.41) is 3.35. The Morgan fingerprint density at radius 3 is 3.00 bits per heavy atom. The highest BCUT2D eigenvalue weighted by Gasteiger charge is 2.27. The van der Waals surface area contributed by atoms with Gasteiger partial charge in [0.15, 0.2) is 17.0 Å². The van der Waals surface area contributed by atoms with Gasteiger partial charge in [0.05, 0.1) is 12.4 Å². The number of imidazole rings is 1. The maximum atomic E-state index is 11.5. The molecule has 2 aliphatic carbocycles. The molecule has 0 aromatic carbocycles. The lowest BCUT2D eigenvalue weighted by atomic mass is 10.2. The third kappa shape index (κ3) is 2.79. The highest BCUT2D eigenvalue weighted by atomic mass is 16.5. The fraction of sp³-hybridized carbons (Fsp3) is 0.500. The molecule has 4 rings (SSSR count). The monoisotopic (exact) mass is 328 g/mol. The summed E-state index contributed by atoms with van der Waals surface area (Å²) in [4.78, 5) is 24.6. The first kappa shape index (κ1) is 14.9. The summed E-state index contributed by atoms with van der Waals surface area (Å²) in [7, 11) is 0. The first-order valence-corrected chi connectivity index (χ1v) is 8.28. The number of hydrogen-bond donors (Lipinski definition) is 2. The molecule has 0 aliphatic heterocycles. The van der Waals surface area contributed by atoms with Crippen molar-refractivity contribution in [2.45, 2.75) is 50.8 Å². The summed E-state index contributed by atoms with van der Waals surface area (Å²) in [6, 6.07) is 0.490. The molecule has 0 unspecified atom stereocenters. The number of nitrogens with two attached hydrogens (primary N) is 1. The molecule has 0 amide bonds. The molecule has 8 nitrogen and oxygen atoms in total. The van der Waals surface area contributed by atoms with E-state index < -0.39 is 0 Å². The van der Waals surface area contributed by atoms with Crippen LogP contribution in [0.15, 0.2) is 18.5 Å². The van der Waals surface area contributed by atoms with Crippen LogP contribution in [-0.2, 0) is 9.53 Å². The Bertz CT molecular complexity index is 810. The van der Waals surface area contributed by atoms with Crippen molar-refractivity contribution in [3.05, 3.63) is 18.5 Å². The minimum Gasteiger partial charge on any atom is -0.458 e. The van der Waals surface area contributed by atoms with E-state index in [9.17, 15) is 4.79 Å². The number of esters is 1. The van der Waals surface area contributed by atoms with Crippen molar-refractivity contribution < 1.29 is 9.53 Å². The fourth-order valence-corrected chi connectivity index (χ4v) is 2.89. The van der Waals surface area contributed by atoms with Gasteiger partial charge in [-0.3, -0.25) is 4.79 Å². The number of fused-ring (bicyclic) bond motifs is 1. The van der Waals surface area contributed by atoms with Gasteiger partial charge in [-0.1, -0.05) is 13.0 Å². The van der Waals surface area contributed by atoms with Gasteiger partial charge in [0.1, 0.15) is 6.10 Å². The van der Waals surface area contributed by atoms with Crippen molar-refractivity contribution >= 4 is 28.9 Å². The van der Waals surface area contributed by atoms with E-state index >= 15 is 0 Å². The minimum absolute atomic E-state index is 0.0349. The van der Waals surface area contributed by atoms with Gasteiger partial charge in [0.2, 0.25) is 5.95 Å². The molecule has 126 valence electrons. The van der Waals surface area contributed by atoms with E-state index in [2.05, 4.69) is 20.3 Å². The molecule has 2 heterocycles. The van der Waals surface area contributed by atoms with Crippen LogP contribution in [0.25, 0.3) is 11.2 Å². The molecule has 24 heavy (non-hydrogen) atoms. The second-order valence-electron chi connectivity index (χ2n) is 6.24. The summed E-state index contributed by atoms with van der Waals surface area (Å²) in [5.41, 5.74) is 7.29. The van der Waals surface area contributed by atoms with Crippen LogP contribution < -0.4 is 11.1 Å². The topological polar surface area (TPSA) is 108 Å². The molecule has 0 bridgehead atoms. The predicted molar refractivity (Wildman–Crippen MR) is 89.3 cm³/mol. The molecule has 0 spiro atoms. The van der Waals surface area contributed by atoms with E-state index in [0.717, 1.165) is 18.4 Å². The number of ether oxygens (including phenoxy) is 1. The van der Waals surface area contributed by atoms with Gasteiger partial charge < -0.3 is 20.4 Å². The Balaban J connectivity index is 1.60. The number of hydrogen-bond acceptors (Lipinski definition) is 7. The lowest BCUT2D eigenvalue weighted by Crippen LogP contribution is -2.16. The minimum atomic E-state index is -0.205. The Kier molecular flexibility index (Phi) is 3.59. The maximum absolute atomic E-state index is 11.5. The van der Waals surface area contributed by atoms with Gasteiger partial charge in [-0.2, -0.15) is 9.97 Å². The van der Waals surface area contributed by atoms with Gasteiger partial charge >= 0.3 is 5.97 Å². The number of rotatable bonds is 5. The molecule has 3 N–H and O–H groups in total. The van der Waals surface area contributed by atoms with E-state index in [4.69, 9.17) is 10.5 Å². The molecular formula is C16H20N6O2. The van der Waals surface area contributed by atoms with Crippen molar-refractivity contribution in [3.63, 3.8) is 0 Å². The summed E-state index contributed by atoms with van der Waals surface area (Å²) in [5.74, 6) is 0.723. The molecule has 1 saturated carbocycles. The van der Waals surface area contributed by atoms with Crippen molar-refractivity contribution in [1.29, 1.82) is 0 Å². The number of carbonyl (C=O) groups is 1. The van der Waals surface area contributed by atoms with Crippen LogP contribution in [0.4, 0.5) is 11.8 Å². The molecule has 8 heteroatoms. The smallest absolute Gasteiger partial charge is 0.306 e. The lowest BCUT2D eigenvalue weighted by Gasteiger charge is -2.14. The maximum Gasteiger partial charge on any atom is 0.306 e. The SMILES string of the molecule is CCC(=O)O[C@H]1C=C[C@@H](n2cnc3c(NC4CC4)nc(N)nc32)C1. The van der Waals surface area contributed by atoms with Crippen LogP contribution in [0.5, 0.6) is 0 Å². The molecule has 2 atom stereocenters. The van der Waals surface area contributed by atoms with Crippen LogP contribution >= 0.6 is 0 Å². The summed E-state index contributed by atoms with van der Waals surface area (Å²) in [6.45, 7) is 1.79. The van der Waals surface area contributed by atoms with E-state index in [1.165, 1.54) is 0 Å². The number of allylic oxidation sites excluding steroid dienone is 1. The Morgan fingerprint density at radius 2 is 2.25 bits per heavy atom. The van der Waals surface area contributed by atoms with Crippen LogP contribution in [0.2, 0.25) is 0 Å². The van der Waals surface area contributed by atoms with Crippen molar-refractivity contribution in [3.8, 4) is 0 Å². The lowest BCUT2D eigenvalue weighted by molar-refractivity contribution is -0.146. The van der Waals surface area contributed by atoms with Crippen LogP contribution in [0, 0.1) is 0 Å². The zero-order valence-corrected chi connectivity index (χ0v) is 13.5. The number of nitrogens with one attached hydrogen (secondary N) is 1. The second kappa shape index (κ2) is 5.77. The molecule has 2 aliphatic rings. The number of nitrogens with zero attached hydrogens (tertiary/aromatic N) is 4. The van der Waals surface area contributed by atoms with Crippen LogP contribution in [0.3, 0.4) is 0 Å². The fourth-order valence-electron chi connectivity index (χ4n) is 2.89. The zero-order chi connectivity index (χ0) is 16.7. The number of carbonyl (C=O) groups excluding carboxylic acids is 1. The van der Waals surface area contributed by atoms with E-state index in [0.29, 0.717) is 30.3 Å². The quantitative estimate of drug-likeness (QED) is 0.636. The highest BCUT2D eigenvalue weighted by Crippen LogP contribution is 2.32. The molecular weight excluding hydrogens is 308 g/mol. The largest absolute Gasteiger partial charge is 0.458 e. The average molecular weight is 328 g/mol. The highest BCUT2D eigenvalue weighted by molar-refractivity contribution is 5.84. The first-order valence-electron chi connectivity index (χ1n) is 8.28. The average Bonchev–Trinajstić information content (AvgIpc) is 3.08. The summed E-state index contributed by atoms with van der Waals surface area (Å²) in [6.07, 6.45) is 8.80. The van der Waals surface area contributed by atoms with Crippen LogP contribution in [0.1, 0.15) is 38.6 Å². The standard InChI is InChI=1S/C16H20N6O2/c1-2-12(23)24-11-6-5-10(7-11)22-8-18-13-14(19-9-3-4-9)20-16(17)21-15(13)22/h5-6,8-11H,2-4,7H2,1H3,(H3,17,19,20,21)/t10-,11+/m1/s1.